The normalized spacial score (nSPS) is 15.1. The van der Waals surface area contributed by atoms with Crippen molar-refractivity contribution in [2.45, 2.75) is 32.4 Å². The number of benzene rings is 1. The van der Waals surface area contributed by atoms with Crippen LogP contribution in [0, 0.1) is 5.92 Å². The maximum atomic E-state index is 11.8. The molecule has 2 heterocycles. The Kier molecular flexibility index (Phi) is 9.60. The third-order valence-corrected chi connectivity index (χ3v) is 5.41. The summed E-state index contributed by atoms with van der Waals surface area (Å²) in [5, 5.41) is 6.66. The summed E-state index contributed by atoms with van der Waals surface area (Å²) in [7, 11) is 1.78. The van der Waals surface area contributed by atoms with Crippen molar-refractivity contribution >= 4 is 5.96 Å². The number of pyridine rings is 1. The Bertz CT molecular complexity index is 858. The highest BCUT2D eigenvalue weighted by molar-refractivity contribution is 5.79. The first-order valence-corrected chi connectivity index (χ1v) is 11.1. The SMILES string of the molecule is CN=C(NCCCOCC1CCOCC1)NCc1ccc(Cn2ccccc2=O)cc1. The number of hydrogen-bond acceptors (Lipinski definition) is 4. The van der Waals surface area contributed by atoms with E-state index in [9.17, 15) is 4.79 Å². The smallest absolute Gasteiger partial charge is 0.250 e. The second-order valence-corrected chi connectivity index (χ2v) is 7.82. The highest BCUT2D eigenvalue weighted by Crippen LogP contribution is 2.14. The monoisotopic (exact) mass is 426 g/mol. The van der Waals surface area contributed by atoms with Gasteiger partial charge in [0.25, 0.3) is 5.56 Å². The van der Waals surface area contributed by atoms with Crippen molar-refractivity contribution in [3.8, 4) is 0 Å². The molecule has 2 aromatic rings. The van der Waals surface area contributed by atoms with Crippen molar-refractivity contribution in [2.75, 3.05) is 40.0 Å². The van der Waals surface area contributed by atoms with Gasteiger partial charge in [0.15, 0.2) is 5.96 Å². The van der Waals surface area contributed by atoms with E-state index in [-0.39, 0.29) is 5.56 Å². The predicted molar refractivity (Wildman–Crippen MR) is 123 cm³/mol. The summed E-state index contributed by atoms with van der Waals surface area (Å²) < 4.78 is 12.9. The lowest BCUT2D eigenvalue weighted by Crippen LogP contribution is -2.37. The zero-order chi connectivity index (χ0) is 21.7. The number of guanidine groups is 1. The fourth-order valence-electron chi connectivity index (χ4n) is 3.50. The molecular formula is C24H34N4O3. The van der Waals surface area contributed by atoms with Gasteiger partial charge in [0.05, 0.1) is 6.54 Å². The second kappa shape index (κ2) is 12.9. The Morgan fingerprint density at radius 3 is 2.65 bits per heavy atom. The minimum atomic E-state index is 0.0112. The Morgan fingerprint density at radius 2 is 1.90 bits per heavy atom. The van der Waals surface area contributed by atoms with E-state index in [0.717, 1.165) is 69.3 Å². The Balaban J connectivity index is 1.31. The molecule has 1 aromatic heterocycles. The summed E-state index contributed by atoms with van der Waals surface area (Å²) >= 11 is 0. The molecule has 0 saturated carbocycles. The van der Waals surface area contributed by atoms with Gasteiger partial charge in [0.1, 0.15) is 0 Å². The van der Waals surface area contributed by atoms with Crippen LogP contribution < -0.4 is 16.2 Å². The number of hydrogen-bond donors (Lipinski definition) is 2. The number of aliphatic imine (C=N–C) groups is 1. The number of aromatic nitrogens is 1. The topological polar surface area (TPSA) is 76.9 Å². The molecule has 1 aliphatic heterocycles. The molecule has 0 amide bonds. The standard InChI is InChI=1S/C24H34N4O3/c1-25-24(26-12-4-14-31-19-22-10-15-30-16-11-22)27-17-20-6-8-21(9-7-20)18-28-13-3-2-5-23(28)29/h2-3,5-9,13,22H,4,10-12,14-19H2,1H3,(H2,25,26,27). The van der Waals surface area contributed by atoms with Crippen LogP contribution in [0.25, 0.3) is 0 Å². The fourth-order valence-corrected chi connectivity index (χ4v) is 3.50. The van der Waals surface area contributed by atoms with Crippen molar-refractivity contribution in [2.24, 2.45) is 10.9 Å². The van der Waals surface area contributed by atoms with Gasteiger partial charge in [-0.25, -0.2) is 0 Å². The molecule has 0 radical (unpaired) electrons. The van der Waals surface area contributed by atoms with Crippen LogP contribution in [-0.2, 0) is 22.6 Å². The van der Waals surface area contributed by atoms with E-state index in [1.54, 1.807) is 23.7 Å². The van der Waals surface area contributed by atoms with Crippen LogP contribution in [0.4, 0.5) is 0 Å². The average Bonchev–Trinajstić information content (AvgIpc) is 2.81. The third kappa shape index (κ3) is 8.19. The summed E-state index contributed by atoms with van der Waals surface area (Å²) in [6, 6.07) is 13.5. The van der Waals surface area contributed by atoms with Crippen molar-refractivity contribution < 1.29 is 9.47 Å². The third-order valence-electron chi connectivity index (χ3n) is 5.41. The van der Waals surface area contributed by atoms with Gasteiger partial charge in [-0.2, -0.15) is 0 Å². The minimum absolute atomic E-state index is 0.0112. The number of rotatable bonds is 10. The average molecular weight is 427 g/mol. The van der Waals surface area contributed by atoms with Gasteiger partial charge >= 0.3 is 0 Å². The molecule has 0 atom stereocenters. The van der Waals surface area contributed by atoms with Crippen LogP contribution in [0.1, 0.15) is 30.4 Å². The predicted octanol–water partition coefficient (Wildman–Crippen LogP) is 2.39. The Morgan fingerprint density at radius 1 is 1.13 bits per heavy atom. The largest absolute Gasteiger partial charge is 0.381 e. The molecular weight excluding hydrogens is 392 g/mol. The molecule has 1 aliphatic rings. The van der Waals surface area contributed by atoms with Crippen LogP contribution in [0.15, 0.2) is 58.4 Å². The van der Waals surface area contributed by atoms with Gasteiger partial charge in [-0.15, -0.1) is 0 Å². The van der Waals surface area contributed by atoms with E-state index in [1.807, 2.05) is 12.3 Å². The summed E-state index contributed by atoms with van der Waals surface area (Å²) in [5.74, 6) is 1.43. The molecule has 3 rings (SSSR count). The molecule has 1 aromatic carbocycles. The lowest BCUT2D eigenvalue weighted by Gasteiger charge is -2.21. The van der Waals surface area contributed by atoms with E-state index in [1.165, 1.54) is 0 Å². The molecule has 0 aliphatic carbocycles. The lowest BCUT2D eigenvalue weighted by atomic mass is 10.0. The maximum Gasteiger partial charge on any atom is 0.250 e. The zero-order valence-corrected chi connectivity index (χ0v) is 18.4. The maximum absolute atomic E-state index is 11.8. The van der Waals surface area contributed by atoms with Gasteiger partial charge < -0.3 is 24.7 Å². The minimum Gasteiger partial charge on any atom is -0.381 e. The van der Waals surface area contributed by atoms with Crippen LogP contribution in [0.2, 0.25) is 0 Å². The van der Waals surface area contributed by atoms with Gasteiger partial charge in [-0.3, -0.25) is 9.79 Å². The van der Waals surface area contributed by atoms with E-state index < -0.39 is 0 Å². The van der Waals surface area contributed by atoms with Crippen LogP contribution >= 0.6 is 0 Å². The number of ether oxygens (including phenoxy) is 2. The summed E-state index contributed by atoms with van der Waals surface area (Å²) in [6.45, 7) is 5.41. The Hall–Kier alpha value is -2.64. The second-order valence-electron chi connectivity index (χ2n) is 7.82. The molecule has 7 heteroatoms. The van der Waals surface area contributed by atoms with Crippen LogP contribution in [0.3, 0.4) is 0 Å². The molecule has 1 fully saturated rings. The highest BCUT2D eigenvalue weighted by Gasteiger charge is 2.13. The van der Waals surface area contributed by atoms with E-state index in [0.29, 0.717) is 19.0 Å². The molecule has 0 spiro atoms. The zero-order valence-electron chi connectivity index (χ0n) is 18.4. The van der Waals surface area contributed by atoms with E-state index >= 15 is 0 Å². The van der Waals surface area contributed by atoms with Crippen molar-refractivity contribution in [3.05, 3.63) is 70.1 Å². The molecule has 7 nitrogen and oxygen atoms in total. The first-order valence-electron chi connectivity index (χ1n) is 11.1. The van der Waals surface area contributed by atoms with Gasteiger partial charge in [-0.05, 0) is 42.4 Å². The van der Waals surface area contributed by atoms with E-state index in [2.05, 4.69) is 39.9 Å². The fraction of sp³-hybridized carbons (Fsp3) is 0.500. The van der Waals surface area contributed by atoms with E-state index in [4.69, 9.17) is 9.47 Å². The Labute approximate surface area is 184 Å². The van der Waals surface area contributed by atoms with Crippen LogP contribution in [0.5, 0.6) is 0 Å². The van der Waals surface area contributed by atoms with Crippen molar-refractivity contribution in [1.82, 2.24) is 15.2 Å². The van der Waals surface area contributed by atoms with Gasteiger partial charge in [0.2, 0.25) is 0 Å². The molecule has 2 N–H and O–H groups in total. The number of nitrogens with zero attached hydrogens (tertiary/aromatic N) is 2. The summed E-state index contributed by atoms with van der Waals surface area (Å²) in [4.78, 5) is 16.1. The number of nitrogens with one attached hydrogen (secondary N) is 2. The quantitative estimate of drug-likeness (QED) is 0.347. The van der Waals surface area contributed by atoms with Crippen LogP contribution in [-0.4, -0.2) is 50.5 Å². The summed E-state index contributed by atoms with van der Waals surface area (Å²) in [6.07, 6.45) is 4.97. The molecule has 0 bridgehead atoms. The van der Waals surface area contributed by atoms with Gasteiger partial charge in [0, 0.05) is 58.8 Å². The molecule has 168 valence electrons. The van der Waals surface area contributed by atoms with Crippen molar-refractivity contribution in [1.29, 1.82) is 0 Å². The summed E-state index contributed by atoms with van der Waals surface area (Å²) in [5.41, 5.74) is 2.27. The first-order chi connectivity index (χ1) is 15.2. The lowest BCUT2D eigenvalue weighted by molar-refractivity contribution is 0.0203. The first kappa shape index (κ1) is 23.0. The van der Waals surface area contributed by atoms with Gasteiger partial charge in [-0.1, -0.05) is 30.3 Å². The molecule has 31 heavy (non-hydrogen) atoms. The van der Waals surface area contributed by atoms with Crippen molar-refractivity contribution in [3.63, 3.8) is 0 Å². The molecule has 1 saturated heterocycles. The highest BCUT2D eigenvalue weighted by atomic mass is 16.5. The molecule has 0 unspecified atom stereocenters.